The monoisotopic (exact) mass is 253 g/mol. The quantitative estimate of drug-likeness (QED) is 0.858. The molecule has 0 bridgehead atoms. The molecule has 0 atom stereocenters. The number of alkyl halides is 2. The van der Waals surface area contributed by atoms with Crippen LogP contribution in [0.1, 0.15) is 11.3 Å². The zero-order chi connectivity index (χ0) is 12.8. The summed E-state index contributed by atoms with van der Waals surface area (Å²) in [5.74, 6) is 1.02. The molecule has 0 amide bonds. The molecular weight excluding hydrogens is 240 g/mol. The van der Waals surface area contributed by atoms with Crippen LogP contribution in [0.5, 0.6) is 5.75 Å². The summed E-state index contributed by atoms with van der Waals surface area (Å²) in [7, 11) is 0. The standard InChI is InChI=1S/C13H13F2NO2/c14-13(15)18-11-5-3-10(4-6-11)8-16-9-12-2-1-7-17-12/h1-7,13,16H,8-9H2. The lowest BCUT2D eigenvalue weighted by molar-refractivity contribution is -0.0498. The van der Waals surface area contributed by atoms with Crippen molar-refractivity contribution in [3.63, 3.8) is 0 Å². The molecule has 5 heteroatoms. The molecule has 0 unspecified atom stereocenters. The fourth-order valence-corrected chi connectivity index (χ4v) is 1.53. The number of rotatable bonds is 6. The van der Waals surface area contributed by atoms with Crippen LogP contribution >= 0.6 is 0 Å². The third-order valence-corrected chi connectivity index (χ3v) is 2.36. The van der Waals surface area contributed by atoms with Crippen LogP contribution in [0.4, 0.5) is 8.78 Å². The van der Waals surface area contributed by atoms with Gasteiger partial charge in [0.05, 0.1) is 12.8 Å². The van der Waals surface area contributed by atoms with Gasteiger partial charge < -0.3 is 14.5 Å². The van der Waals surface area contributed by atoms with Crippen LogP contribution < -0.4 is 10.1 Å². The summed E-state index contributed by atoms with van der Waals surface area (Å²) < 4.78 is 33.3. The normalized spacial score (nSPS) is 10.8. The Morgan fingerprint density at radius 2 is 1.89 bits per heavy atom. The van der Waals surface area contributed by atoms with Gasteiger partial charge in [-0.15, -0.1) is 0 Å². The number of hydrogen-bond donors (Lipinski definition) is 1. The van der Waals surface area contributed by atoms with E-state index in [0.29, 0.717) is 13.1 Å². The smallest absolute Gasteiger partial charge is 0.387 e. The molecule has 18 heavy (non-hydrogen) atoms. The summed E-state index contributed by atoms with van der Waals surface area (Å²) in [5, 5.41) is 3.18. The van der Waals surface area contributed by atoms with Gasteiger partial charge in [0.25, 0.3) is 0 Å². The molecule has 0 saturated carbocycles. The lowest BCUT2D eigenvalue weighted by Gasteiger charge is -2.06. The van der Waals surface area contributed by atoms with Crippen molar-refractivity contribution < 1.29 is 17.9 Å². The van der Waals surface area contributed by atoms with Crippen molar-refractivity contribution in [3.05, 3.63) is 54.0 Å². The van der Waals surface area contributed by atoms with Crippen molar-refractivity contribution in [2.24, 2.45) is 0 Å². The minimum absolute atomic E-state index is 0.166. The highest BCUT2D eigenvalue weighted by Crippen LogP contribution is 2.14. The van der Waals surface area contributed by atoms with Gasteiger partial charge in [0, 0.05) is 6.54 Å². The van der Waals surface area contributed by atoms with E-state index in [-0.39, 0.29) is 5.75 Å². The Kier molecular flexibility index (Phi) is 4.30. The van der Waals surface area contributed by atoms with E-state index >= 15 is 0 Å². The zero-order valence-corrected chi connectivity index (χ0v) is 9.61. The van der Waals surface area contributed by atoms with Gasteiger partial charge in [-0.2, -0.15) is 8.78 Å². The van der Waals surface area contributed by atoms with Gasteiger partial charge in [-0.05, 0) is 29.8 Å². The molecule has 2 rings (SSSR count). The summed E-state index contributed by atoms with van der Waals surface area (Å²) in [5.41, 5.74) is 0.989. The van der Waals surface area contributed by atoms with Crippen LogP contribution in [0.15, 0.2) is 47.1 Å². The van der Waals surface area contributed by atoms with Crippen molar-refractivity contribution in [3.8, 4) is 5.75 Å². The SMILES string of the molecule is FC(F)Oc1ccc(CNCc2ccco2)cc1. The minimum atomic E-state index is -2.78. The molecule has 2 aromatic rings. The Balaban J connectivity index is 1.79. The second kappa shape index (κ2) is 6.16. The lowest BCUT2D eigenvalue weighted by Crippen LogP contribution is -2.12. The third-order valence-electron chi connectivity index (χ3n) is 2.36. The van der Waals surface area contributed by atoms with Crippen molar-refractivity contribution in [2.45, 2.75) is 19.7 Å². The van der Waals surface area contributed by atoms with E-state index in [1.54, 1.807) is 18.4 Å². The Bertz CT molecular complexity index is 454. The molecule has 0 aliphatic heterocycles. The van der Waals surface area contributed by atoms with Gasteiger partial charge in [-0.25, -0.2) is 0 Å². The molecular formula is C13H13F2NO2. The number of furan rings is 1. The summed E-state index contributed by atoms with van der Waals surface area (Å²) >= 11 is 0. The molecule has 0 aliphatic carbocycles. The van der Waals surface area contributed by atoms with Gasteiger partial charge in [-0.3, -0.25) is 0 Å². The third kappa shape index (κ3) is 3.85. The first-order chi connectivity index (χ1) is 8.74. The topological polar surface area (TPSA) is 34.4 Å². The average molecular weight is 253 g/mol. The predicted octanol–water partition coefficient (Wildman–Crippen LogP) is 3.17. The van der Waals surface area contributed by atoms with E-state index < -0.39 is 6.61 Å². The Labute approximate surface area is 103 Å². The molecule has 0 saturated heterocycles. The number of ether oxygens (including phenoxy) is 1. The Morgan fingerprint density at radius 1 is 1.11 bits per heavy atom. The maximum atomic E-state index is 11.9. The fourth-order valence-electron chi connectivity index (χ4n) is 1.53. The molecule has 0 spiro atoms. The maximum Gasteiger partial charge on any atom is 0.387 e. The number of hydrogen-bond acceptors (Lipinski definition) is 3. The van der Waals surface area contributed by atoms with E-state index in [1.165, 1.54) is 12.1 Å². The largest absolute Gasteiger partial charge is 0.468 e. The molecule has 1 N–H and O–H groups in total. The van der Waals surface area contributed by atoms with Gasteiger partial charge in [0.15, 0.2) is 0 Å². The summed E-state index contributed by atoms with van der Waals surface area (Å²) in [6, 6.07) is 10.2. The zero-order valence-electron chi connectivity index (χ0n) is 9.61. The van der Waals surface area contributed by atoms with E-state index in [2.05, 4.69) is 10.1 Å². The molecule has 1 aromatic carbocycles. The van der Waals surface area contributed by atoms with Crippen molar-refractivity contribution >= 4 is 0 Å². The lowest BCUT2D eigenvalue weighted by atomic mass is 10.2. The Morgan fingerprint density at radius 3 is 2.50 bits per heavy atom. The van der Waals surface area contributed by atoms with Gasteiger partial charge >= 0.3 is 6.61 Å². The number of nitrogens with one attached hydrogen (secondary N) is 1. The molecule has 1 aromatic heterocycles. The first-order valence-electron chi connectivity index (χ1n) is 5.51. The van der Waals surface area contributed by atoms with Crippen molar-refractivity contribution in [1.29, 1.82) is 0 Å². The van der Waals surface area contributed by atoms with E-state index in [4.69, 9.17) is 4.42 Å². The average Bonchev–Trinajstić information content (AvgIpc) is 2.84. The minimum Gasteiger partial charge on any atom is -0.468 e. The van der Waals surface area contributed by atoms with Crippen LogP contribution in [0.2, 0.25) is 0 Å². The van der Waals surface area contributed by atoms with Crippen molar-refractivity contribution in [2.75, 3.05) is 0 Å². The van der Waals surface area contributed by atoms with Gasteiger partial charge in [-0.1, -0.05) is 12.1 Å². The molecule has 96 valence electrons. The summed E-state index contributed by atoms with van der Waals surface area (Å²) in [4.78, 5) is 0. The van der Waals surface area contributed by atoms with E-state index in [9.17, 15) is 8.78 Å². The van der Waals surface area contributed by atoms with Crippen LogP contribution in [0.25, 0.3) is 0 Å². The fraction of sp³-hybridized carbons (Fsp3) is 0.231. The first-order valence-corrected chi connectivity index (χ1v) is 5.51. The highest BCUT2D eigenvalue weighted by molar-refractivity contribution is 5.27. The Hall–Kier alpha value is -1.88. The number of benzene rings is 1. The number of halogens is 2. The highest BCUT2D eigenvalue weighted by atomic mass is 19.3. The molecule has 0 fully saturated rings. The van der Waals surface area contributed by atoms with E-state index in [1.807, 2.05) is 12.1 Å². The summed E-state index contributed by atoms with van der Waals surface area (Å²) in [6.07, 6.45) is 1.62. The predicted molar refractivity (Wildman–Crippen MR) is 62.3 cm³/mol. The summed E-state index contributed by atoms with van der Waals surface area (Å²) in [6.45, 7) is -1.52. The molecule has 3 nitrogen and oxygen atoms in total. The second-order valence-electron chi connectivity index (χ2n) is 3.71. The highest BCUT2D eigenvalue weighted by Gasteiger charge is 2.03. The first kappa shape index (κ1) is 12.6. The van der Waals surface area contributed by atoms with Crippen molar-refractivity contribution in [1.82, 2.24) is 5.32 Å². The van der Waals surface area contributed by atoms with Gasteiger partial charge in [0.2, 0.25) is 0 Å². The van der Waals surface area contributed by atoms with E-state index in [0.717, 1.165) is 11.3 Å². The second-order valence-corrected chi connectivity index (χ2v) is 3.71. The maximum absolute atomic E-state index is 11.9. The van der Waals surface area contributed by atoms with Crippen LogP contribution in [0, 0.1) is 0 Å². The van der Waals surface area contributed by atoms with Crippen LogP contribution in [-0.2, 0) is 13.1 Å². The molecule has 0 radical (unpaired) electrons. The van der Waals surface area contributed by atoms with Crippen LogP contribution in [-0.4, -0.2) is 6.61 Å². The molecule has 0 aliphatic rings. The molecule has 1 heterocycles. The van der Waals surface area contributed by atoms with Gasteiger partial charge in [0.1, 0.15) is 11.5 Å². The van der Waals surface area contributed by atoms with Crippen LogP contribution in [0.3, 0.4) is 0 Å².